The molecule has 0 aliphatic heterocycles. The van der Waals surface area contributed by atoms with Crippen molar-refractivity contribution < 1.29 is 4.65 Å². The van der Waals surface area contributed by atoms with E-state index in [1.54, 1.807) is 0 Å². The molecule has 2 nitrogen and oxygen atoms in total. The Bertz CT molecular complexity index is 22.8. The largest absolute Gasteiger partial charge is 0.446 e. The van der Waals surface area contributed by atoms with Crippen molar-refractivity contribution in [1.82, 2.24) is 5.32 Å². The van der Waals surface area contributed by atoms with Gasteiger partial charge in [0, 0.05) is 13.2 Å². The topological polar surface area (TPSA) is 21.3 Å². The molecule has 0 aromatic carbocycles. The Morgan fingerprint density at radius 2 is 2.50 bits per heavy atom. The minimum Gasteiger partial charge on any atom is -0.446 e. The molecular formula is C3H8BNO. The fraction of sp³-hybridized carbons (Fsp3) is 1.00. The normalized spacial score (nSPS) is 8.83. The van der Waals surface area contributed by atoms with Crippen LogP contribution in [0.15, 0.2) is 0 Å². The Hall–Kier alpha value is -0.0151. The monoisotopic (exact) mass is 85.1 g/mol. The highest BCUT2D eigenvalue weighted by Crippen LogP contribution is 1.56. The number of likely N-dealkylation sites (N-methyl/N-ethyl adjacent to an activating group) is 1. The molecule has 0 atom stereocenters. The first-order valence-electron chi connectivity index (χ1n) is 1.88. The molecule has 0 saturated heterocycles. The van der Waals surface area contributed by atoms with E-state index >= 15 is 0 Å². The van der Waals surface area contributed by atoms with Gasteiger partial charge in [0.05, 0.1) is 0 Å². The van der Waals surface area contributed by atoms with Gasteiger partial charge in [-0.25, -0.2) is 0 Å². The van der Waals surface area contributed by atoms with Gasteiger partial charge in [0.2, 0.25) is 0 Å². The Kier molecular flexibility index (Phi) is 4.97. The van der Waals surface area contributed by atoms with E-state index in [1.165, 1.54) is 0 Å². The van der Waals surface area contributed by atoms with Crippen molar-refractivity contribution in [2.45, 2.75) is 0 Å². The Morgan fingerprint density at radius 1 is 1.83 bits per heavy atom. The fourth-order valence-electron chi connectivity index (χ4n) is 0.161. The summed E-state index contributed by atoms with van der Waals surface area (Å²) >= 11 is 0. The molecular weight excluding hydrogens is 76.9 g/mol. The summed E-state index contributed by atoms with van der Waals surface area (Å²) in [6, 6.07) is 0. The predicted molar refractivity (Wildman–Crippen MR) is 25.6 cm³/mol. The minimum absolute atomic E-state index is 0.580. The maximum atomic E-state index is 4.67. The van der Waals surface area contributed by atoms with Crippen molar-refractivity contribution in [3.05, 3.63) is 0 Å². The molecule has 0 amide bonds. The van der Waals surface area contributed by atoms with Crippen LogP contribution < -0.4 is 5.32 Å². The maximum Gasteiger partial charge on any atom is 0.282 e. The van der Waals surface area contributed by atoms with Crippen LogP contribution in [0.3, 0.4) is 0 Å². The van der Waals surface area contributed by atoms with E-state index in [-0.39, 0.29) is 0 Å². The van der Waals surface area contributed by atoms with Crippen LogP contribution in [-0.4, -0.2) is 28.2 Å². The van der Waals surface area contributed by atoms with Gasteiger partial charge in [0.15, 0.2) is 0 Å². The number of hydrogen-bond acceptors (Lipinski definition) is 2. The SMILES string of the molecule is [B]OCCNC. The Balaban J connectivity index is 2.34. The first kappa shape index (κ1) is 5.98. The highest BCUT2D eigenvalue weighted by atomic mass is 16.4. The number of nitrogens with one attached hydrogen (secondary N) is 1. The molecule has 0 aromatic rings. The molecule has 0 spiro atoms. The lowest BCUT2D eigenvalue weighted by molar-refractivity contribution is 0.349. The Labute approximate surface area is 39.3 Å². The average molecular weight is 84.9 g/mol. The second-order valence-electron chi connectivity index (χ2n) is 0.974. The van der Waals surface area contributed by atoms with Crippen molar-refractivity contribution in [2.75, 3.05) is 20.2 Å². The predicted octanol–water partition coefficient (Wildman–Crippen LogP) is -0.694. The summed E-state index contributed by atoms with van der Waals surface area (Å²) in [7, 11) is 6.52. The summed E-state index contributed by atoms with van der Waals surface area (Å²) in [5.74, 6) is 0. The third-order valence-corrected chi connectivity index (χ3v) is 0.470. The van der Waals surface area contributed by atoms with Gasteiger partial charge < -0.3 is 9.97 Å². The van der Waals surface area contributed by atoms with Crippen LogP contribution in [0, 0.1) is 0 Å². The molecule has 0 aromatic heterocycles. The van der Waals surface area contributed by atoms with Gasteiger partial charge in [-0.1, -0.05) is 0 Å². The lowest BCUT2D eigenvalue weighted by Crippen LogP contribution is -2.12. The van der Waals surface area contributed by atoms with Crippen LogP contribution in [0.4, 0.5) is 0 Å². The smallest absolute Gasteiger partial charge is 0.282 e. The summed E-state index contributed by atoms with van der Waals surface area (Å²) < 4.78 is 4.22. The first-order chi connectivity index (χ1) is 2.91. The molecule has 0 aliphatic carbocycles. The van der Waals surface area contributed by atoms with Gasteiger partial charge in [-0.15, -0.1) is 0 Å². The van der Waals surface area contributed by atoms with Crippen molar-refractivity contribution >= 4 is 8.05 Å². The van der Waals surface area contributed by atoms with Gasteiger partial charge in [0.1, 0.15) is 0 Å². The summed E-state index contributed by atoms with van der Waals surface area (Å²) in [5.41, 5.74) is 0. The van der Waals surface area contributed by atoms with E-state index < -0.39 is 0 Å². The molecule has 3 heteroatoms. The summed E-state index contributed by atoms with van der Waals surface area (Å²) in [4.78, 5) is 0. The quantitative estimate of drug-likeness (QED) is 0.361. The van der Waals surface area contributed by atoms with Crippen LogP contribution in [0.2, 0.25) is 0 Å². The highest BCUT2D eigenvalue weighted by Gasteiger charge is 1.72. The molecule has 0 rings (SSSR count). The first-order valence-corrected chi connectivity index (χ1v) is 1.88. The average Bonchev–Trinajstić information content (AvgIpc) is 1.61. The van der Waals surface area contributed by atoms with Gasteiger partial charge in [0.25, 0.3) is 8.05 Å². The fourth-order valence-corrected chi connectivity index (χ4v) is 0.161. The minimum atomic E-state index is 0.580. The van der Waals surface area contributed by atoms with Crippen molar-refractivity contribution in [1.29, 1.82) is 0 Å². The molecule has 0 heterocycles. The van der Waals surface area contributed by atoms with Crippen LogP contribution in [-0.2, 0) is 4.65 Å². The van der Waals surface area contributed by atoms with Gasteiger partial charge in [-0.05, 0) is 7.05 Å². The summed E-state index contributed by atoms with van der Waals surface area (Å²) in [6.45, 7) is 1.40. The third kappa shape index (κ3) is 3.98. The van der Waals surface area contributed by atoms with E-state index in [0.29, 0.717) is 6.61 Å². The van der Waals surface area contributed by atoms with Crippen molar-refractivity contribution in [3.63, 3.8) is 0 Å². The molecule has 6 heavy (non-hydrogen) atoms. The van der Waals surface area contributed by atoms with E-state index in [0.717, 1.165) is 6.54 Å². The second kappa shape index (κ2) is 4.98. The van der Waals surface area contributed by atoms with E-state index in [9.17, 15) is 0 Å². The lowest BCUT2D eigenvalue weighted by Gasteiger charge is -1.92. The summed E-state index contributed by atoms with van der Waals surface area (Å²) in [5, 5.41) is 2.86. The van der Waals surface area contributed by atoms with Crippen molar-refractivity contribution in [3.8, 4) is 0 Å². The van der Waals surface area contributed by atoms with E-state index in [1.807, 2.05) is 7.05 Å². The standard InChI is InChI=1S/C3H8BNO/c1-5-2-3-6-4/h5H,2-3H2,1H3. The lowest BCUT2D eigenvalue weighted by atomic mass is 10.5. The van der Waals surface area contributed by atoms with Crippen LogP contribution in [0.25, 0.3) is 0 Å². The molecule has 0 unspecified atom stereocenters. The number of rotatable bonds is 3. The van der Waals surface area contributed by atoms with E-state index in [4.69, 9.17) is 0 Å². The van der Waals surface area contributed by atoms with Gasteiger partial charge in [-0.3, -0.25) is 0 Å². The Morgan fingerprint density at radius 3 is 2.67 bits per heavy atom. The van der Waals surface area contributed by atoms with Gasteiger partial charge in [-0.2, -0.15) is 0 Å². The van der Waals surface area contributed by atoms with Gasteiger partial charge >= 0.3 is 0 Å². The highest BCUT2D eigenvalue weighted by molar-refractivity contribution is 5.97. The molecule has 0 saturated carbocycles. The molecule has 0 fully saturated rings. The summed E-state index contributed by atoms with van der Waals surface area (Å²) in [6.07, 6.45) is 0. The zero-order chi connectivity index (χ0) is 4.83. The molecule has 2 radical (unpaired) electrons. The molecule has 1 N–H and O–H groups in total. The zero-order valence-corrected chi connectivity index (χ0v) is 3.90. The third-order valence-electron chi connectivity index (χ3n) is 0.470. The molecule has 0 bridgehead atoms. The molecule has 34 valence electrons. The van der Waals surface area contributed by atoms with Crippen LogP contribution in [0.5, 0.6) is 0 Å². The second-order valence-corrected chi connectivity index (χ2v) is 0.974. The van der Waals surface area contributed by atoms with Crippen molar-refractivity contribution in [2.24, 2.45) is 0 Å². The maximum absolute atomic E-state index is 4.67. The zero-order valence-electron chi connectivity index (χ0n) is 3.90. The number of hydrogen-bond donors (Lipinski definition) is 1. The van der Waals surface area contributed by atoms with Crippen LogP contribution in [0.1, 0.15) is 0 Å². The molecule has 0 aliphatic rings. The van der Waals surface area contributed by atoms with Crippen LogP contribution >= 0.6 is 0 Å². The van der Waals surface area contributed by atoms with E-state index in [2.05, 4.69) is 18.0 Å².